The maximum absolute atomic E-state index is 13.8. The van der Waals surface area contributed by atoms with Crippen molar-refractivity contribution in [3.8, 4) is 22.9 Å². The van der Waals surface area contributed by atoms with Gasteiger partial charge in [-0.2, -0.15) is 10.4 Å². The van der Waals surface area contributed by atoms with Crippen LogP contribution < -0.4 is 10.2 Å². The van der Waals surface area contributed by atoms with Gasteiger partial charge in [0.2, 0.25) is 5.91 Å². The molecule has 214 valence electrons. The Labute approximate surface area is 240 Å². The Hall–Kier alpha value is -3.71. The van der Waals surface area contributed by atoms with Crippen LogP contribution in [-0.2, 0) is 14.6 Å². The lowest BCUT2D eigenvalue weighted by Gasteiger charge is -2.31. The van der Waals surface area contributed by atoms with Crippen LogP contribution in [0.2, 0.25) is 0 Å². The Morgan fingerprint density at radius 1 is 1.02 bits per heavy atom. The lowest BCUT2D eigenvalue weighted by molar-refractivity contribution is -0.127. The fourth-order valence-corrected chi connectivity index (χ4v) is 7.48. The van der Waals surface area contributed by atoms with E-state index < -0.39 is 15.4 Å². The van der Waals surface area contributed by atoms with Gasteiger partial charge in [-0.05, 0) is 74.6 Å². The van der Waals surface area contributed by atoms with Crippen molar-refractivity contribution in [2.45, 2.75) is 56.9 Å². The molecule has 2 saturated carbocycles. The molecule has 1 amide bonds. The highest BCUT2D eigenvalue weighted by molar-refractivity contribution is 7.91. The van der Waals surface area contributed by atoms with Crippen molar-refractivity contribution in [1.29, 1.82) is 5.26 Å². The maximum atomic E-state index is 13.8. The minimum atomic E-state index is -2.97. The number of sulfone groups is 1. The maximum Gasteiger partial charge on any atom is 0.225 e. The summed E-state index contributed by atoms with van der Waals surface area (Å²) < 4.78 is 39.4. The van der Waals surface area contributed by atoms with E-state index in [1.54, 1.807) is 12.1 Å². The molecule has 2 unspecified atom stereocenters. The average Bonchev–Trinajstić information content (AvgIpc) is 3.67. The minimum absolute atomic E-state index is 0.0796. The van der Waals surface area contributed by atoms with E-state index in [4.69, 9.17) is 5.10 Å². The van der Waals surface area contributed by atoms with E-state index in [0.717, 1.165) is 59.6 Å². The van der Waals surface area contributed by atoms with Gasteiger partial charge in [-0.1, -0.05) is 25.0 Å². The third-order valence-corrected chi connectivity index (χ3v) is 10.5. The molecular formula is C31H34FN5O3S. The number of carbonyl (C=O) groups is 1. The number of nitrogens with one attached hydrogen (secondary N) is 1. The molecule has 6 rings (SSSR count). The van der Waals surface area contributed by atoms with Gasteiger partial charge in [-0.15, -0.1) is 0 Å². The third-order valence-electron chi connectivity index (χ3n) is 8.86. The molecule has 3 fully saturated rings. The van der Waals surface area contributed by atoms with Crippen LogP contribution in [0.5, 0.6) is 0 Å². The third kappa shape index (κ3) is 5.47. The van der Waals surface area contributed by atoms with Gasteiger partial charge in [0.05, 0.1) is 29.0 Å². The van der Waals surface area contributed by atoms with Gasteiger partial charge in [0.25, 0.3) is 0 Å². The largest absolute Gasteiger partial charge is 0.369 e. The summed E-state index contributed by atoms with van der Waals surface area (Å²) in [6.07, 6.45) is 4.84. The van der Waals surface area contributed by atoms with Crippen LogP contribution in [0.1, 0.15) is 55.8 Å². The number of nitriles is 1. The van der Waals surface area contributed by atoms with Crippen molar-refractivity contribution >= 4 is 21.4 Å². The van der Waals surface area contributed by atoms with Gasteiger partial charge in [0.1, 0.15) is 11.4 Å². The van der Waals surface area contributed by atoms with Crippen LogP contribution in [0.4, 0.5) is 10.1 Å². The fourth-order valence-electron chi connectivity index (χ4n) is 6.27. The molecule has 2 aliphatic carbocycles. The highest BCUT2D eigenvalue weighted by Crippen LogP contribution is 2.44. The lowest BCUT2D eigenvalue weighted by Crippen LogP contribution is -2.42. The molecule has 1 aliphatic heterocycles. The van der Waals surface area contributed by atoms with E-state index in [2.05, 4.69) is 16.3 Å². The molecule has 2 aromatic carbocycles. The van der Waals surface area contributed by atoms with Crippen molar-refractivity contribution in [2.75, 3.05) is 29.5 Å². The van der Waals surface area contributed by atoms with E-state index in [9.17, 15) is 22.9 Å². The number of aromatic nitrogens is 2. The number of halogens is 1. The van der Waals surface area contributed by atoms with E-state index in [-0.39, 0.29) is 35.1 Å². The number of benzene rings is 2. The topological polar surface area (TPSA) is 108 Å². The molecule has 1 N–H and O–H groups in total. The molecule has 2 heterocycles. The van der Waals surface area contributed by atoms with Gasteiger partial charge >= 0.3 is 0 Å². The normalized spacial score (nSPS) is 23.0. The number of hydrogen-bond acceptors (Lipinski definition) is 6. The van der Waals surface area contributed by atoms with Crippen LogP contribution in [-0.4, -0.2) is 54.2 Å². The number of anilines is 1. The Morgan fingerprint density at radius 3 is 2.29 bits per heavy atom. The Bertz CT molecular complexity index is 1590. The highest BCUT2D eigenvalue weighted by atomic mass is 32.2. The number of carbonyl (C=O) groups excluding carboxylic acids is 1. The molecule has 1 saturated heterocycles. The first-order valence-electron chi connectivity index (χ1n) is 14.3. The second-order valence-corrected chi connectivity index (χ2v) is 13.9. The zero-order chi connectivity index (χ0) is 28.8. The fraction of sp³-hybridized carbons (Fsp3) is 0.452. The molecule has 1 aromatic heterocycles. The van der Waals surface area contributed by atoms with E-state index in [1.807, 2.05) is 35.9 Å². The summed E-state index contributed by atoms with van der Waals surface area (Å²) in [5.74, 6) is -0.513. The summed E-state index contributed by atoms with van der Waals surface area (Å²) in [4.78, 5) is 15.6. The number of rotatable bonds is 6. The zero-order valence-corrected chi connectivity index (χ0v) is 24.0. The molecule has 0 spiro atoms. The molecule has 2 atom stereocenters. The standard InChI is InChI=1S/C31H34FN5O3S/c1-21-28(22-6-10-24(11-7-22)36-16-18-41(39,40)19-17-36)29(35-37(21)25-12-8-23(32)9-13-25)26-4-2-3-5-27(26)30(38)34-31(20-33)14-15-31/h6-13,26-27H,2-5,14-19H2,1H3,(H,34,38). The molecule has 3 aliphatic rings. The first-order chi connectivity index (χ1) is 19.7. The van der Waals surface area contributed by atoms with Crippen molar-refractivity contribution < 1.29 is 17.6 Å². The van der Waals surface area contributed by atoms with Gasteiger partial charge in [-0.3, -0.25) is 4.79 Å². The van der Waals surface area contributed by atoms with Crippen LogP contribution in [0.15, 0.2) is 48.5 Å². The Kier molecular flexibility index (Phi) is 7.10. The van der Waals surface area contributed by atoms with Crippen LogP contribution >= 0.6 is 0 Å². The molecule has 8 nitrogen and oxygen atoms in total. The zero-order valence-electron chi connectivity index (χ0n) is 23.1. The second-order valence-electron chi connectivity index (χ2n) is 11.6. The summed E-state index contributed by atoms with van der Waals surface area (Å²) >= 11 is 0. The first kappa shape index (κ1) is 27.5. The summed E-state index contributed by atoms with van der Waals surface area (Å²) in [7, 11) is -2.97. The number of hydrogen-bond donors (Lipinski definition) is 1. The van der Waals surface area contributed by atoms with E-state index >= 15 is 0 Å². The predicted octanol–water partition coefficient (Wildman–Crippen LogP) is 4.67. The summed E-state index contributed by atoms with van der Waals surface area (Å²) in [5, 5.41) is 17.7. The summed E-state index contributed by atoms with van der Waals surface area (Å²) in [6, 6.07) is 16.6. The van der Waals surface area contributed by atoms with Crippen molar-refractivity contribution in [1.82, 2.24) is 15.1 Å². The van der Waals surface area contributed by atoms with Gasteiger partial charge in [0, 0.05) is 41.9 Å². The molecule has 41 heavy (non-hydrogen) atoms. The van der Waals surface area contributed by atoms with E-state index in [1.165, 1.54) is 12.1 Å². The molecule has 10 heteroatoms. The minimum Gasteiger partial charge on any atom is -0.369 e. The van der Waals surface area contributed by atoms with Crippen LogP contribution in [0.3, 0.4) is 0 Å². The van der Waals surface area contributed by atoms with Crippen molar-refractivity contribution in [2.24, 2.45) is 5.92 Å². The molecular weight excluding hydrogens is 541 g/mol. The lowest BCUT2D eigenvalue weighted by atomic mass is 9.75. The van der Waals surface area contributed by atoms with Gasteiger partial charge in [-0.25, -0.2) is 17.5 Å². The summed E-state index contributed by atoms with van der Waals surface area (Å²) in [6.45, 7) is 2.93. The first-order valence-corrected chi connectivity index (χ1v) is 16.2. The Morgan fingerprint density at radius 2 is 1.66 bits per heavy atom. The average molecular weight is 576 g/mol. The quantitative estimate of drug-likeness (QED) is 0.458. The smallest absolute Gasteiger partial charge is 0.225 e. The number of amides is 1. The van der Waals surface area contributed by atoms with Gasteiger partial charge in [0.15, 0.2) is 9.84 Å². The van der Waals surface area contributed by atoms with Crippen LogP contribution in [0, 0.1) is 30.0 Å². The summed E-state index contributed by atoms with van der Waals surface area (Å²) in [5.41, 5.74) is 4.62. The molecule has 3 aromatic rings. The second kappa shape index (κ2) is 10.6. The van der Waals surface area contributed by atoms with E-state index in [0.29, 0.717) is 25.9 Å². The van der Waals surface area contributed by atoms with Crippen LogP contribution in [0.25, 0.3) is 16.8 Å². The van der Waals surface area contributed by atoms with Gasteiger partial charge < -0.3 is 10.2 Å². The molecule has 0 bridgehead atoms. The van der Waals surface area contributed by atoms with Crippen molar-refractivity contribution in [3.63, 3.8) is 0 Å². The molecule has 0 radical (unpaired) electrons. The monoisotopic (exact) mass is 575 g/mol. The highest BCUT2D eigenvalue weighted by Gasteiger charge is 2.47. The SMILES string of the molecule is Cc1c(-c2ccc(N3CCS(=O)(=O)CC3)cc2)c(C2CCCCC2C(=O)NC2(C#N)CC2)nn1-c1ccc(F)cc1. The predicted molar refractivity (Wildman–Crippen MR) is 155 cm³/mol. The van der Waals surface area contributed by atoms with Crippen molar-refractivity contribution in [3.05, 3.63) is 65.7 Å². The number of nitrogens with zero attached hydrogens (tertiary/aromatic N) is 4. The Balaban J connectivity index is 1.38.